The molecule has 0 bridgehead atoms. The molecule has 0 atom stereocenters. The minimum Gasteiger partial charge on any atom is -0.486 e. The summed E-state index contributed by atoms with van der Waals surface area (Å²) >= 11 is 6.16. The summed E-state index contributed by atoms with van der Waals surface area (Å²) in [6, 6.07) is 10.9. The van der Waals surface area contributed by atoms with Crippen LogP contribution in [0.2, 0.25) is 5.02 Å². The van der Waals surface area contributed by atoms with Gasteiger partial charge in [0.15, 0.2) is 5.78 Å². The van der Waals surface area contributed by atoms with Gasteiger partial charge in [-0.1, -0.05) is 29.8 Å². The molecular weight excluding hydrogens is 483 g/mol. The average molecular weight is 516 g/mol. The second kappa shape index (κ2) is 11.7. The smallest absolute Gasteiger partial charge is 0.241 e. The minimum absolute atomic E-state index is 0. The number of sulfonamides is 1. The number of carbonyl (C=O) groups excluding carboxylic acids is 1. The first kappa shape index (κ1) is 27.6. The lowest BCUT2D eigenvalue weighted by Gasteiger charge is -2.33. The van der Waals surface area contributed by atoms with Crippen molar-refractivity contribution in [3.63, 3.8) is 0 Å². The van der Waals surface area contributed by atoms with Crippen LogP contribution in [0, 0.1) is 0 Å². The number of Topliss-reactive ketones (excluding diaryl/α,β-unsaturated/α-hetero) is 1. The second-order valence-corrected chi connectivity index (χ2v) is 10.8. The van der Waals surface area contributed by atoms with Gasteiger partial charge < -0.3 is 10.1 Å². The fraction of sp³-hybridized carbons (Fsp3) is 0.458. The molecule has 9 heteroatoms. The summed E-state index contributed by atoms with van der Waals surface area (Å²) in [4.78, 5) is 12.6. The number of carbonyl (C=O) groups is 1. The van der Waals surface area contributed by atoms with Gasteiger partial charge in [0.2, 0.25) is 10.0 Å². The summed E-state index contributed by atoms with van der Waals surface area (Å²) < 4.78 is 30.2. The maximum Gasteiger partial charge on any atom is 0.241 e. The summed E-state index contributed by atoms with van der Waals surface area (Å²) in [5.74, 6) is 0.196. The quantitative estimate of drug-likeness (QED) is 0.353. The molecule has 0 radical (unpaired) electrons. The number of hydrogen-bond acceptors (Lipinski definition) is 5. The number of hydrogen-bond donors (Lipinski definition) is 2. The zero-order chi connectivity index (χ0) is 23.4. The molecule has 1 aliphatic rings. The molecule has 1 aliphatic heterocycles. The zero-order valence-electron chi connectivity index (χ0n) is 19.0. The number of primary sulfonamides is 1. The third-order valence-electron chi connectivity index (χ3n) is 5.67. The van der Waals surface area contributed by atoms with Crippen LogP contribution < -0.4 is 15.2 Å². The van der Waals surface area contributed by atoms with Gasteiger partial charge in [0, 0.05) is 17.0 Å². The number of ether oxygens (including phenoxy) is 1. The molecule has 6 nitrogen and oxygen atoms in total. The van der Waals surface area contributed by atoms with Gasteiger partial charge in [0.05, 0.1) is 0 Å². The summed E-state index contributed by atoms with van der Waals surface area (Å²) in [6.07, 6.45) is 4.13. The highest BCUT2D eigenvalue weighted by Crippen LogP contribution is 2.38. The fourth-order valence-electron chi connectivity index (χ4n) is 3.83. The Kier molecular flexibility index (Phi) is 9.76. The first-order valence-electron chi connectivity index (χ1n) is 10.9. The normalized spacial score (nSPS) is 14.7. The zero-order valence-corrected chi connectivity index (χ0v) is 21.4. The van der Waals surface area contributed by atoms with Crippen LogP contribution >= 0.6 is 24.0 Å². The van der Waals surface area contributed by atoms with Crippen LogP contribution in [0.15, 0.2) is 41.3 Å². The van der Waals surface area contributed by atoms with Crippen LogP contribution in [-0.4, -0.2) is 32.9 Å². The largest absolute Gasteiger partial charge is 0.486 e. The van der Waals surface area contributed by atoms with Crippen molar-refractivity contribution < 1.29 is 17.9 Å². The molecule has 2 aromatic rings. The Morgan fingerprint density at radius 1 is 1.18 bits per heavy atom. The average Bonchev–Trinajstić information content (AvgIpc) is 2.72. The van der Waals surface area contributed by atoms with Gasteiger partial charge in [0.1, 0.15) is 16.2 Å². The molecule has 0 aromatic heterocycles. The van der Waals surface area contributed by atoms with E-state index < -0.39 is 15.6 Å². The lowest BCUT2D eigenvalue weighted by molar-refractivity contribution is 0.0805. The molecule has 0 aliphatic carbocycles. The number of aryl methyl sites for hydroxylation is 1. The molecule has 3 N–H and O–H groups in total. The van der Waals surface area contributed by atoms with Gasteiger partial charge in [0.25, 0.3) is 0 Å². The van der Waals surface area contributed by atoms with Gasteiger partial charge in [-0.15, -0.1) is 12.4 Å². The highest BCUT2D eigenvalue weighted by Gasteiger charge is 2.32. The van der Waals surface area contributed by atoms with Crippen molar-refractivity contribution in [1.29, 1.82) is 0 Å². The summed E-state index contributed by atoms with van der Waals surface area (Å²) in [5.41, 5.74) is 1.74. The maximum atomic E-state index is 12.7. The number of halogens is 2. The molecule has 182 valence electrons. The SMILES string of the molecule is CC1(C)CCc2cc(C(=O)CCCCNCCc3ccccc3Cl)cc(S(N)(=O)=O)c2O1.Cl. The predicted molar refractivity (Wildman–Crippen MR) is 134 cm³/mol. The number of fused-ring (bicyclic) bond motifs is 1. The van der Waals surface area contributed by atoms with E-state index in [1.807, 2.05) is 38.1 Å². The van der Waals surface area contributed by atoms with E-state index in [4.69, 9.17) is 21.5 Å². The van der Waals surface area contributed by atoms with E-state index in [9.17, 15) is 13.2 Å². The van der Waals surface area contributed by atoms with E-state index in [0.29, 0.717) is 24.8 Å². The van der Waals surface area contributed by atoms with Crippen LogP contribution in [0.1, 0.15) is 61.0 Å². The number of ketones is 1. The summed E-state index contributed by atoms with van der Waals surface area (Å²) in [7, 11) is -4.01. The molecular formula is C24H32Cl2N2O4S. The van der Waals surface area contributed by atoms with Gasteiger partial charge in [-0.05, 0) is 88.4 Å². The van der Waals surface area contributed by atoms with E-state index in [2.05, 4.69) is 5.32 Å². The Labute approximate surface area is 207 Å². The monoisotopic (exact) mass is 514 g/mol. The van der Waals surface area contributed by atoms with Crippen molar-refractivity contribution in [1.82, 2.24) is 5.32 Å². The Bertz CT molecular complexity index is 1090. The van der Waals surface area contributed by atoms with Crippen molar-refractivity contribution in [3.05, 3.63) is 58.1 Å². The van der Waals surface area contributed by atoms with Crippen molar-refractivity contribution in [2.75, 3.05) is 13.1 Å². The van der Waals surface area contributed by atoms with Crippen molar-refractivity contribution >= 4 is 39.8 Å². The molecule has 0 spiro atoms. The number of rotatable bonds is 10. The lowest BCUT2D eigenvalue weighted by atomic mass is 9.92. The van der Waals surface area contributed by atoms with Gasteiger partial charge in [-0.25, -0.2) is 13.6 Å². The van der Waals surface area contributed by atoms with E-state index in [1.54, 1.807) is 6.07 Å². The van der Waals surface area contributed by atoms with E-state index in [1.165, 1.54) is 6.07 Å². The molecule has 2 aromatic carbocycles. The molecule has 33 heavy (non-hydrogen) atoms. The van der Waals surface area contributed by atoms with Crippen molar-refractivity contribution in [2.24, 2.45) is 5.14 Å². The second-order valence-electron chi connectivity index (χ2n) is 8.84. The number of nitrogens with two attached hydrogens (primary N) is 1. The number of nitrogens with one attached hydrogen (secondary N) is 1. The van der Waals surface area contributed by atoms with E-state index in [-0.39, 0.29) is 28.8 Å². The van der Waals surface area contributed by atoms with Crippen molar-refractivity contribution in [2.45, 2.75) is 62.9 Å². The molecule has 0 fully saturated rings. The lowest BCUT2D eigenvalue weighted by Crippen LogP contribution is -2.34. The first-order valence-corrected chi connectivity index (χ1v) is 12.9. The molecule has 0 unspecified atom stereocenters. The van der Waals surface area contributed by atoms with Gasteiger partial charge >= 0.3 is 0 Å². The standard InChI is InChI=1S/C24H31ClN2O4S.ClH/c1-24(2)12-10-18-15-19(16-22(23(18)31-24)32(26,29)30)21(28)9-5-6-13-27-14-11-17-7-3-4-8-20(17)25;/h3-4,7-8,15-16,27H,5-6,9-14H2,1-2H3,(H2,26,29,30);1H. The Morgan fingerprint density at radius 3 is 2.61 bits per heavy atom. The predicted octanol–water partition coefficient (Wildman–Crippen LogP) is 4.70. The molecule has 0 saturated heterocycles. The molecule has 1 heterocycles. The van der Waals surface area contributed by atoms with Gasteiger partial charge in [-0.3, -0.25) is 4.79 Å². The Hall–Kier alpha value is -1.64. The third-order valence-corrected chi connectivity index (χ3v) is 6.96. The van der Waals surface area contributed by atoms with Crippen LogP contribution in [0.4, 0.5) is 0 Å². The minimum atomic E-state index is -4.01. The summed E-state index contributed by atoms with van der Waals surface area (Å²) in [5, 5.41) is 9.57. The van der Waals surface area contributed by atoms with Gasteiger partial charge in [-0.2, -0.15) is 0 Å². The molecule has 0 amide bonds. The van der Waals surface area contributed by atoms with Crippen molar-refractivity contribution in [3.8, 4) is 5.75 Å². The third kappa shape index (κ3) is 7.69. The topological polar surface area (TPSA) is 98.5 Å². The Balaban J connectivity index is 0.00000385. The molecule has 3 rings (SSSR count). The van der Waals surface area contributed by atoms with E-state index >= 15 is 0 Å². The number of unbranched alkanes of at least 4 members (excludes halogenated alkanes) is 1. The van der Waals surface area contributed by atoms with Crippen LogP contribution in [0.5, 0.6) is 5.75 Å². The van der Waals surface area contributed by atoms with E-state index in [0.717, 1.165) is 48.5 Å². The highest BCUT2D eigenvalue weighted by atomic mass is 35.5. The fourth-order valence-corrected chi connectivity index (χ4v) is 4.78. The van der Waals surface area contributed by atoms with Crippen LogP contribution in [-0.2, 0) is 22.9 Å². The highest BCUT2D eigenvalue weighted by molar-refractivity contribution is 7.89. The number of benzene rings is 2. The molecule has 0 saturated carbocycles. The summed E-state index contributed by atoms with van der Waals surface area (Å²) in [6.45, 7) is 5.43. The Morgan fingerprint density at radius 2 is 1.91 bits per heavy atom. The van der Waals surface area contributed by atoms with Crippen LogP contribution in [0.25, 0.3) is 0 Å². The maximum absolute atomic E-state index is 12.7. The first-order chi connectivity index (χ1) is 15.1. The van der Waals surface area contributed by atoms with Crippen LogP contribution in [0.3, 0.4) is 0 Å².